The van der Waals surface area contributed by atoms with Crippen LogP contribution in [0.3, 0.4) is 0 Å². The van der Waals surface area contributed by atoms with Crippen molar-refractivity contribution < 1.29 is 20.1 Å². The molecular weight excluding hydrogens is 246 g/mol. The predicted molar refractivity (Wildman–Crippen MR) is 72.8 cm³/mol. The summed E-state index contributed by atoms with van der Waals surface area (Å²) in [4.78, 5) is 10.1. The van der Waals surface area contributed by atoms with E-state index in [0.29, 0.717) is 12.0 Å². The van der Waals surface area contributed by atoms with Crippen molar-refractivity contribution in [2.24, 2.45) is 0 Å². The topological polar surface area (TPSA) is 89.8 Å². The molecule has 0 spiro atoms. The molecule has 0 aliphatic carbocycles. The van der Waals surface area contributed by atoms with Gasteiger partial charge in [0.2, 0.25) is 0 Å². The first-order valence-electron chi connectivity index (χ1n) is 5.50. The Kier molecular flexibility index (Phi) is 5.22. The first-order chi connectivity index (χ1) is 9.05. The molecule has 0 radical (unpaired) electrons. The van der Waals surface area contributed by atoms with Gasteiger partial charge in [0.05, 0.1) is 0 Å². The van der Waals surface area contributed by atoms with Crippen LogP contribution in [0.1, 0.15) is 10.4 Å². The molecule has 0 bridgehead atoms. The summed E-state index contributed by atoms with van der Waals surface area (Å²) < 4.78 is 0. The zero-order chi connectivity index (χ0) is 14.3. The molecule has 0 aromatic heterocycles. The van der Waals surface area contributed by atoms with Gasteiger partial charge in [0.25, 0.3) is 0 Å². The normalized spacial score (nSPS) is 9.11. The van der Waals surface area contributed by atoms with Crippen molar-refractivity contribution in [3.63, 3.8) is 0 Å². The van der Waals surface area contributed by atoms with Crippen molar-refractivity contribution in [3.8, 4) is 17.2 Å². The summed E-state index contributed by atoms with van der Waals surface area (Å²) in [6.07, 6.45) is 0.555. The highest BCUT2D eigenvalue weighted by Crippen LogP contribution is 2.18. The number of phenols is 3. The molecule has 0 saturated heterocycles. The number of phenolic OH excluding ortho intramolecular Hbond substituents is 3. The van der Waals surface area contributed by atoms with Gasteiger partial charge in [-0.1, -0.05) is 0 Å². The first kappa shape index (κ1) is 14.4. The number of carbonyl (C=O) groups excluding carboxylic acids is 1. The number of hydrogen-bond acceptors (Lipinski definition) is 5. The van der Waals surface area contributed by atoms with Gasteiger partial charge in [-0.25, -0.2) is 0 Å². The SMILES string of the molecule is CNc1ccc(O)cc1.O=Cc1cc(O)cc(O)c1. The molecule has 0 fully saturated rings. The molecular formula is C14H15NO4. The molecule has 5 heteroatoms. The van der Waals surface area contributed by atoms with Crippen molar-refractivity contribution in [2.75, 3.05) is 12.4 Å². The van der Waals surface area contributed by atoms with Crippen molar-refractivity contribution >= 4 is 12.0 Å². The van der Waals surface area contributed by atoms with Crippen molar-refractivity contribution in [3.05, 3.63) is 48.0 Å². The van der Waals surface area contributed by atoms with E-state index in [9.17, 15) is 4.79 Å². The van der Waals surface area contributed by atoms with Crippen molar-refractivity contribution in [2.45, 2.75) is 0 Å². The Balaban J connectivity index is 0.000000191. The summed E-state index contributed by atoms with van der Waals surface area (Å²) in [5.74, 6) is 0.0817. The van der Waals surface area contributed by atoms with Crippen LogP contribution in [0.2, 0.25) is 0 Å². The molecule has 0 atom stereocenters. The quantitative estimate of drug-likeness (QED) is 0.492. The largest absolute Gasteiger partial charge is 0.508 e. The summed E-state index contributed by atoms with van der Waals surface area (Å²) in [5, 5.41) is 29.4. The van der Waals surface area contributed by atoms with Gasteiger partial charge >= 0.3 is 0 Å². The van der Waals surface area contributed by atoms with Crippen LogP contribution >= 0.6 is 0 Å². The minimum Gasteiger partial charge on any atom is -0.508 e. The maximum atomic E-state index is 10.1. The second kappa shape index (κ2) is 6.90. The van der Waals surface area contributed by atoms with Gasteiger partial charge in [-0.05, 0) is 36.4 Å². The maximum absolute atomic E-state index is 10.1. The van der Waals surface area contributed by atoms with E-state index >= 15 is 0 Å². The lowest BCUT2D eigenvalue weighted by atomic mass is 10.2. The Labute approximate surface area is 110 Å². The fourth-order valence-electron chi connectivity index (χ4n) is 1.31. The van der Waals surface area contributed by atoms with Crippen molar-refractivity contribution in [1.29, 1.82) is 0 Å². The van der Waals surface area contributed by atoms with Crippen LogP contribution in [0.4, 0.5) is 5.69 Å². The number of aldehydes is 1. The van der Waals surface area contributed by atoms with E-state index in [2.05, 4.69) is 5.32 Å². The molecule has 5 nitrogen and oxygen atoms in total. The van der Waals surface area contributed by atoms with E-state index in [1.807, 2.05) is 19.2 Å². The van der Waals surface area contributed by atoms with Crippen LogP contribution in [0.25, 0.3) is 0 Å². The average Bonchev–Trinajstić information content (AvgIpc) is 2.39. The first-order valence-corrected chi connectivity index (χ1v) is 5.50. The number of aromatic hydroxyl groups is 3. The molecule has 4 N–H and O–H groups in total. The van der Waals surface area contributed by atoms with E-state index in [1.165, 1.54) is 12.1 Å². The zero-order valence-electron chi connectivity index (χ0n) is 10.4. The molecule has 0 aliphatic rings. The Morgan fingerprint density at radius 2 is 1.42 bits per heavy atom. The van der Waals surface area contributed by atoms with Crippen LogP contribution < -0.4 is 5.32 Å². The molecule has 2 rings (SSSR count). The summed E-state index contributed by atoms with van der Waals surface area (Å²) in [7, 11) is 1.84. The lowest BCUT2D eigenvalue weighted by molar-refractivity contribution is 0.112. The summed E-state index contributed by atoms with van der Waals surface area (Å²) in [6, 6.07) is 10.6. The molecule has 100 valence electrons. The molecule has 2 aromatic rings. The fourth-order valence-corrected chi connectivity index (χ4v) is 1.31. The second-order valence-electron chi connectivity index (χ2n) is 3.70. The number of hydrogen-bond donors (Lipinski definition) is 4. The van der Waals surface area contributed by atoms with Crippen molar-refractivity contribution in [1.82, 2.24) is 0 Å². The van der Waals surface area contributed by atoms with Crippen LogP contribution in [0, 0.1) is 0 Å². The van der Waals surface area contributed by atoms with Gasteiger partial charge in [-0.2, -0.15) is 0 Å². The third-order valence-corrected chi connectivity index (χ3v) is 2.22. The zero-order valence-corrected chi connectivity index (χ0v) is 10.4. The monoisotopic (exact) mass is 261 g/mol. The fraction of sp³-hybridized carbons (Fsp3) is 0.0714. The Bertz CT molecular complexity index is 517. The number of nitrogens with one attached hydrogen (secondary N) is 1. The second-order valence-corrected chi connectivity index (χ2v) is 3.70. The highest BCUT2D eigenvalue weighted by Gasteiger charge is 1.95. The number of rotatable bonds is 2. The maximum Gasteiger partial charge on any atom is 0.150 e. The lowest BCUT2D eigenvalue weighted by Gasteiger charge is -1.96. The molecule has 2 aromatic carbocycles. The van der Waals surface area contributed by atoms with Gasteiger partial charge in [0, 0.05) is 24.4 Å². The smallest absolute Gasteiger partial charge is 0.150 e. The molecule has 0 heterocycles. The third-order valence-electron chi connectivity index (χ3n) is 2.22. The molecule has 0 unspecified atom stereocenters. The van der Waals surface area contributed by atoms with Gasteiger partial charge < -0.3 is 20.6 Å². The van der Waals surface area contributed by atoms with Crippen LogP contribution in [0.15, 0.2) is 42.5 Å². The highest BCUT2D eigenvalue weighted by atomic mass is 16.3. The molecule has 0 aliphatic heterocycles. The summed E-state index contributed by atoms with van der Waals surface area (Å²) in [5.41, 5.74) is 1.27. The third kappa shape index (κ3) is 4.99. The Morgan fingerprint density at radius 1 is 0.895 bits per heavy atom. The van der Waals surface area contributed by atoms with Gasteiger partial charge in [0.1, 0.15) is 23.5 Å². The average molecular weight is 261 g/mol. The van der Waals surface area contributed by atoms with Crippen LogP contribution in [-0.4, -0.2) is 28.7 Å². The number of benzene rings is 2. The number of anilines is 1. The standard InChI is InChI=1S/C7H9NO.C7H6O3/c1-8-6-2-4-7(9)5-3-6;8-4-5-1-6(9)3-7(10)2-5/h2-5,8-9H,1H3;1-4,9-10H. The minimum atomic E-state index is -0.109. The Morgan fingerprint density at radius 3 is 1.84 bits per heavy atom. The highest BCUT2D eigenvalue weighted by molar-refractivity contribution is 5.76. The molecule has 0 saturated carbocycles. The van der Waals surface area contributed by atoms with E-state index in [4.69, 9.17) is 15.3 Å². The van der Waals surface area contributed by atoms with Crippen LogP contribution in [0.5, 0.6) is 17.2 Å². The minimum absolute atomic E-state index is 0.109. The van der Waals surface area contributed by atoms with Crippen LogP contribution in [-0.2, 0) is 0 Å². The predicted octanol–water partition coefficient (Wildman–Crippen LogP) is 2.34. The van der Waals surface area contributed by atoms with Gasteiger partial charge in [0.15, 0.2) is 0 Å². The lowest BCUT2D eigenvalue weighted by Crippen LogP contribution is -1.84. The van der Waals surface area contributed by atoms with E-state index in [0.717, 1.165) is 11.8 Å². The van der Waals surface area contributed by atoms with Gasteiger partial charge in [-0.3, -0.25) is 4.79 Å². The Hall–Kier alpha value is -2.69. The summed E-state index contributed by atoms with van der Waals surface area (Å²) in [6.45, 7) is 0. The molecule has 19 heavy (non-hydrogen) atoms. The van der Waals surface area contributed by atoms with E-state index in [-0.39, 0.29) is 17.1 Å². The molecule has 0 amide bonds. The van der Waals surface area contributed by atoms with E-state index < -0.39 is 0 Å². The summed E-state index contributed by atoms with van der Waals surface area (Å²) >= 11 is 0. The van der Waals surface area contributed by atoms with Gasteiger partial charge in [-0.15, -0.1) is 0 Å². The van der Waals surface area contributed by atoms with E-state index in [1.54, 1.807) is 12.1 Å². The number of carbonyl (C=O) groups is 1.